The zero-order chi connectivity index (χ0) is 19.8. The Morgan fingerprint density at radius 1 is 1.19 bits per heavy atom. The average Bonchev–Trinajstić information content (AvgIpc) is 2.67. The summed E-state index contributed by atoms with van der Waals surface area (Å²) in [5, 5.41) is 2.69. The molecule has 0 aliphatic carbocycles. The summed E-state index contributed by atoms with van der Waals surface area (Å²) in [5.74, 6) is -1.55. The highest BCUT2D eigenvalue weighted by Gasteiger charge is 2.16. The zero-order valence-corrected chi connectivity index (χ0v) is 15.5. The molecule has 0 saturated carbocycles. The SMILES string of the molecule is CCc1ccc(NC(=O)[C@H](C)OC(=O)/C=C/c2ccc(OC)c(F)c2)cc1. The third kappa shape index (κ3) is 5.95. The second-order valence-electron chi connectivity index (χ2n) is 5.85. The van der Waals surface area contributed by atoms with Crippen LogP contribution in [0.5, 0.6) is 5.75 Å². The first kappa shape index (κ1) is 20.2. The summed E-state index contributed by atoms with van der Waals surface area (Å²) in [4.78, 5) is 24.0. The van der Waals surface area contributed by atoms with Crippen molar-refractivity contribution in [2.45, 2.75) is 26.4 Å². The molecule has 5 nitrogen and oxygen atoms in total. The van der Waals surface area contributed by atoms with Crippen molar-refractivity contribution in [2.24, 2.45) is 0 Å². The van der Waals surface area contributed by atoms with Gasteiger partial charge in [-0.05, 0) is 54.8 Å². The Balaban J connectivity index is 1.89. The molecule has 1 amide bonds. The molecular weight excluding hydrogens is 349 g/mol. The maximum Gasteiger partial charge on any atom is 0.331 e. The predicted octanol–water partition coefficient (Wildman–Crippen LogP) is 3.98. The zero-order valence-electron chi connectivity index (χ0n) is 15.5. The first-order valence-electron chi connectivity index (χ1n) is 8.55. The van der Waals surface area contributed by atoms with Crippen LogP contribution < -0.4 is 10.1 Å². The van der Waals surface area contributed by atoms with Crippen LogP contribution >= 0.6 is 0 Å². The number of nitrogens with one attached hydrogen (secondary N) is 1. The van der Waals surface area contributed by atoms with E-state index in [1.54, 1.807) is 18.2 Å². The first-order valence-corrected chi connectivity index (χ1v) is 8.55. The summed E-state index contributed by atoms with van der Waals surface area (Å²) in [7, 11) is 1.37. The Labute approximate surface area is 157 Å². The van der Waals surface area contributed by atoms with E-state index in [4.69, 9.17) is 9.47 Å². The predicted molar refractivity (Wildman–Crippen MR) is 102 cm³/mol. The molecule has 0 radical (unpaired) electrons. The molecule has 0 heterocycles. The van der Waals surface area contributed by atoms with Crippen LogP contribution in [0.3, 0.4) is 0 Å². The van der Waals surface area contributed by atoms with E-state index in [0.717, 1.165) is 18.1 Å². The van der Waals surface area contributed by atoms with Crippen LogP contribution in [0.4, 0.5) is 10.1 Å². The maximum absolute atomic E-state index is 13.6. The van der Waals surface area contributed by atoms with Crippen LogP contribution in [-0.4, -0.2) is 25.1 Å². The van der Waals surface area contributed by atoms with E-state index in [-0.39, 0.29) is 5.75 Å². The molecular formula is C21H22FNO4. The minimum Gasteiger partial charge on any atom is -0.494 e. The number of rotatable bonds is 7. The van der Waals surface area contributed by atoms with Crippen molar-refractivity contribution in [2.75, 3.05) is 12.4 Å². The van der Waals surface area contributed by atoms with Crippen LogP contribution in [0.2, 0.25) is 0 Å². The van der Waals surface area contributed by atoms with Crippen molar-refractivity contribution in [1.82, 2.24) is 0 Å². The van der Waals surface area contributed by atoms with Gasteiger partial charge >= 0.3 is 5.97 Å². The van der Waals surface area contributed by atoms with Gasteiger partial charge in [0.05, 0.1) is 7.11 Å². The molecule has 1 N–H and O–H groups in total. The van der Waals surface area contributed by atoms with E-state index in [9.17, 15) is 14.0 Å². The lowest BCUT2D eigenvalue weighted by Crippen LogP contribution is -2.29. The number of methoxy groups -OCH3 is 1. The maximum atomic E-state index is 13.6. The number of carbonyl (C=O) groups excluding carboxylic acids is 2. The van der Waals surface area contributed by atoms with E-state index >= 15 is 0 Å². The Bertz CT molecular complexity index is 831. The van der Waals surface area contributed by atoms with Crippen molar-refractivity contribution in [3.63, 3.8) is 0 Å². The molecule has 0 aliphatic heterocycles. The number of carbonyl (C=O) groups is 2. The number of halogens is 1. The van der Waals surface area contributed by atoms with E-state index in [1.807, 2.05) is 19.1 Å². The third-order valence-corrected chi connectivity index (χ3v) is 3.88. The smallest absolute Gasteiger partial charge is 0.331 e. The topological polar surface area (TPSA) is 64.6 Å². The van der Waals surface area contributed by atoms with E-state index in [0.29, 0.717) is 11.3 Å². The monoisotopic (exact) mass is 371 g/mol. The fourth-order valence-corrected chi connectivity index (χ4v) is 2.29. The number of ether oxygens (including phenoxy) is 2. The van der Waals surface area contributed by atoms with Gasteiger partial charge in [-0.3, -0.25) is 4.79 Å². The standard InChI is InChI=1S/C21H22FNO4/c1-4-15-5-9-17(10-6-15)23-21(25)14(2)27-20(24)12-8-16-7-11-19(26-3)18(22)13-16/h5-14H,4H2,1-3H3,(H,23,25)/b12-8+/t14-/m0/s1. The summed E-state index contributed by atoms with van der Waals surface area (Å²) in [6.45, 7) is 3.53. The lowest BCUT2D eigenvalue weighted by molar-refractivity contribution is -0.148. The minimum atomic E-state index is -0.972. The molecule has 0 fully saturated rings. The highest BCUT2D eigenvalue weighted by Crippen LogP contribution is 2.18. The minimum absolute atomic E-state index is 0.118. The van der Waals surface area contributed by atoms with Gasteiger partial charge in [-0.1, -0.05) is 25.1 Å². The van der Waals surface area contributed by atoms with E-state index in [2.05, 4.69) is 5.32 Å². The molecule has 27 heavy (non-hydrogen) atoms. The van der Waals surface area contributed by atoms with Gasteiger partial charge in [0, 0.05) is 11.8 Å². The Morgan fingerprint density at radius 3 is 2.48 bits per heavy atom. The summed E-state index contributed by atoms with van der Waals surface area (Å²) >= 11 is 0. The van der Waals surface area contributed by atoms with Crippen LogP contribution in [0.25, 0.3) is 6.08 Å². The molecule has 142 valence electrons. The summed E-state index contributed by atoms with van der Waals surface area (Å²) < 4.78 is 23.5. The quantitative estimate of drug-likeness (QED) is 0.591. The van der Waals surface area contributed by atoms with Gasteiger partial charge < -0.3 is 14.8 Å². The molecule has 0 spiro atoms. The highest BCUT2D eigenvalue weighted by molar-refractivity contribution is 5.96. The van der Waals surface area contributed by atoms with Gasteiger partial charge in [-0.2, -0.15) is 0 Å². The average molecular weight is 371 g/mol. The van der Waals surface area contributed by atoms with Gasteiger partial charge in [0.25, 0.3) is 5.91 Å². The summed E-state index contributed by atoms with van der Waals surface area (Å²) in [6.07, 6.45) is 2.48. The lowest BCUT2D eigenvalue weighted by atomic mass is 10.1. The van der Waals surface area contributed by atoms with E-state index in [1.165, 1.54) is 32.2 Å². The second-order valence-corrected chi connectivity index (χ2v) is 5.85. The van der Waals surface area contributed by atoms with Gasteiger partial charge in [0.2, 0.25) is 0 Å². The Morgan fingerprint density at radius 2 is 1.89 bits per heavy atom. The number of hydrogen-bond acceptors (Lipinski definition) is 4. The molecule has 0 saturated heterocycles. The molecule has 0 bridgehead atoms. The fourth-order valence-electron chi connectivity index (χ4n) is 2.29. The molecule has 2 rings (SSSR count). The molecule has 6 heteroatoms. The molecule has 2 aromatic carbocycles. The molecule has 0 aliphatic rings. The number of esters is 1. The van der Waals surface area contributed by atoms with Crippen molar-refractivity contribution < 1.29 is 23.5 Å². The summed E-state index contributed by atoms with van der Waals surface area (Å²) in [5.41, 5.74) is 2.26. The van der Waals surface area contributed by atoms with Crippen molar-refractivity contribution >= 4 is 23.6 Å². The van der Waals surface area contributed by atoms with Gasteiger partial charge in [-0.15, -0.1) is 0 Å². The third-order valence-electron chi connectivity index (χ3n) is 3.88. The van der Waals surface area contributed by atoms with Crippen LogP contribution in [0.15, 0.2) is 48.5 Å². The summed E-state index contributed by atoms with van der Waals surface area (Å²) in [6, 6.07) is 11.7. The van der Waals surface area contributed by atoms with Crippen molar-refractivity contribution in [3.8, 4) is 5.75 Å². The van der Waals surface area contributed by atoms with Crippen LogP contribution in [0.1, 0.15) is 25.0 Å². The first-order chi connectivity index (χ1) is 12.9. The Hall–Kier alpha value is -3.15. The largest absolute Gasteiger partial charge is 0.494 e. The van der Waals surface area contributed by atoms with Crippen molar-refractivity contribution in [1.29, 1.82) is 0 Å². The number of benzene rings is 2. The molecule has 0 aromatic heterocycles. The fraction of sp³-hybridized carbons (Fsp3) is 0.238. The van der Waals surface area contributed by atoms with Crippen molar-refractivity contribution in [3.05, 3.63) is 65.5 Å². The number of aryl methyl sites for hydroxylation is 1. The van der Waals surface area contributed by atoms with Gasteiger partial charge in [0.15, 0.2) is 17.7 Å². The number of amides is 1. The van der Waals surface area contributed by atoms with Crippen LogP contribution in [0, 0.1) is 5.82 Å². The molecule has 0 unspecified atom stereocenters. The molecule has 2 aromatic rings. The number of hydrogen-bond donors (Lipinski definition) is 1. The van der Waals surface area contributed by atoms with Gasteiger partial charge in [-0.25, -0.2) is 9.18 Å². The van der Waals surface area contributed by atoms with Crippen LogP contribution in [-0.2, 0) is 20.7 Å². The highest BCUT2D eigenvalue weighted by atomic mass is 19.1. The normalized spacial score (nSPS) is 11.9. The lowest BCUT2D eigenvalue weighted by Gasteiger charge is -2.12. The molecule has 1 atom stereocenters. The van der Waals surface area contributed by atoms with Gasteiger partial charge in [0.1, 0.15) is 0 Å². The Kier molecular flexibility index (Phi) is 7.11. The number of anilines is 1. The van der Waals surface area contributed by atoms with E-state index < -0.39 is 23.8 Å². The second kappa shape index (κ2) is 9.52.